The average molecular weight is 393 g/mol. The normalized spacial score (nSPS) is 22.2. The van der Waals surface area contributed by atoms with Gasteiger partial charge in [0.15, 0.2) is 0 Å². The Morgan fingerprint density at radius 2 is 2.11 bits per heavy atom. The van der Waals surface area contributed by atoms with Crippen LogP contribution in [0.1, 0.15) is 51.1 Å². The zero-order valence-electron chi connectivity index (χ0n) is 15.5. The molecule has 0 spiro atoms. The molecule has 1 aliphatic carbocycles. The lowest BCUT2D eigenvalue weighted by Crippen LogP contribution is -2.43. The Morgan fingerprint density at radius 3 is 2.81 bits per heavy atom. The molecular weight excluding hydrogens is 368 g/mol. The number of H-pyrrole nitrogens is 1. The van der Waals surface area contributed by atoms with Crippen molar-refractivity contribution in [1.29, 1.82) is 0 Å². The molecule has 0 aliphatic heterocycles. The zero-order valence-corrected chi connectivity index (χ0v) is 16.2. The third-order valence-electron chi connectivity index (χ3n) is 5.39. The van der Waals surface area contributed by atoms with Crippen molar-refractivity contribution >= 4 is 23.2 Å². The number of rotatable bonds is 5. The van der Waals surface area contributed by atoms with E-state index in [4.69, 9.17) is 17.3 Å². The van der Waals surface area contributed by atoms with Crippen LogP contribution in [0.15, 0.2) is 23.3 Å². The van der Waals surface area contributed by atoms with Gasteiger partial charge in [-0.2, -0.15) is 10.2 Å². The Hall–Kier alpha value is -2.19. The second-order valence-electron chi connectivity index (χ2n) is 7.40. The summed E-state index contributed by atoms with van der Waals surface area (Å²) in [6.07, 6.45) is 7.41. The summed E-state index contributed by atoms with van der Waals surface area (Å²) >= 11 is 5.86. The minimum Gasteiger partial charge on any atom is -0.322 e. The monoisotopic (exact) mass is 392 g/mol. The first kappa shape index (κ1) is 19.6. The fraction of sp³-hybridized carbons (Fsp3) is 0.556. The Balaban J connectivity index is 1.66. The van der Waals surface area contributed by atoms with Crippen molar-refractivity contribution < 1.29 is 4.79 Å². The van der Waals surface area contributed by atoms with Gasteiger partial charge in [-0.25, -0.2) is 5.10 Å². The molecule has 2 aromatic rings. The van der Waals surface area contributed by atoms with Crippen molar-refractivity contribution in [2.75, 3.05) is 5.32 Å². The molecule has 0 bridgehead atoms. The topological polar surface area (TPSA) is 119 Å². The average Bonchev–Trinajstić information content (AvgIpc) is 3.11. The van der Waals surface area contributed by atoms with E-state index in [0.717, 1.165) is 25.7 Å². The van der Waals surface area contributed by atoms with E-state index < -0.39 is 6.04 Å². The molecule has 1 amide bonds. The van der Waals surface area contributed by atoms with Crippen LogP contribution in [-0.4, -0.2) is 31.9 Å². The lowest BCUT2D eigenvalue weighted by atomic mass is 9.79. The van der Waals surface area contributed by atoms with E-state index in [-0.39, 0.29) is 28.6 Å². The van der Waals surface area contributed by atoms with Gasteiger partial charge in [0.2, 0.25) is 5.91 Å². The van der Waals surface area contributed by atoms with E-state index in [9.17, 15) is 9.59 Å². The molecular formula is C18H25ClN6O2. The van der Waals surface area contributed by atoms with Gasteiger partial charge in [0.25, 0.3) is 5.56 Å². The highest BCUT2D eigenvalue weighted by Crippen LogP contribution is 2.30. The van der Waals surface area contributed by atoms with E-state index in [0.29, 0.717) is 17.2 Å². The number of carbonyl (C=O) groups excluding carboxylic acids is 1. The molecule has 146 valence electrons. The summed E-state index contributed by atoms with van der Waals surface area (Å²) in [4.78, 5) is 24.4. The van der Waals surface area contributed by atoms with Gasteiger partial charge in [0, 0.05) is 11.8 Å². The van der Waals surface area contributed by atoms with Gasteiger partial charge in [-0.05, 0) is 37.7 Å². The predicted octanol–water partition coefficient (Wildman–Crippen LogP) is 2.32. The first-order valence-electron chi connectivity index (χ1n) is 9.21. The van der Waals surface area contributed by atoms with Crippen LogP contribution in [0.25, 0.3) is 0 Å². The highest BCUT2D eigenvalue weighted by molar-refractivity contribution is 6.29. The highest BCUT2D eigenvalue weighted by atomic mass is 35.5. The third-order valence-corrected chi connectivity index (χ3v) is 5.58. The fourth-order valence-electron chi connectivity index (χ4n) is 3.55. The molecule has 27 heavy (non-hydrogen) atoms. The number of amides is 1. The molecule has 0 saturated heterocycles. The van der Waals surface area contributed by atoms with Gasteiger partial charge in [0.05, 0.1) is 24.0 Å². The zero-order chi connectivity index (χ0) is 19.6. The molecule has 0 aromatic carbocycles. The summed E-state index contributed by atoms with van der Waals surface area (Å²) in [5, 5.41) is 13.3. The van der Waals surface area contributed by atoms with Crippen LogP contribution < -0.4 is 16.6 Å². The summed E-state index contributed by atoms with van der Waals surface area (Å²) in [5.74, 6) is 0.723. The van der Waals surface area contributed by atoms with E-state index in [1.165, 1.54) is 6.07 Å². The largest absolute Gasteiger partial charge is 0.322 e. The molecule has 0 radical (unpaired) electrons. The van der Waals surface area contributed by atoms with Gasteiger partial charge < -0.3 is 11.1 Å². The van der Waals surface area contributed by atoms with E-state index in [2.05, 4.69) is 27.5 Å². The van der Waals surface area contributed by atoms with Crippen molar-refractivity contribution in [3.63, 3.8) is 0 Å². The van der Waals surface area contributed by atoms with Crippen molar-refractivity contribution in [2.24, 2.45) is 17.6 Å². The fourth-order valence-corrected chi connectivity index (χ4v) is 3.71. The van der Waals surface area contributed by atoms with Crippen molar-refractivity contribution in [1.82, 2.24) is 20.0 Å². The Bertz CT molecular complexity index is 856. The standard InChI is InChI=1S/C18H25ClN6O2/c1-10-3-5-12(6-4-10)16(20)18(27)22-13-8-21-25(9-13)11(2)14-7-15(19)23-24-17(14)26/h7-12,16H,3-6,20H2,1-2H3,(H,22,27)(H,24,26). The van der Waals surface area contributed by atoms with Gasteiger partial charge in [-0.15, -0.1) is 0 Å². The van der Waals surface area contributed by atoms with Crippen molar-refractivity contribution in [2.45, 2.75) is 51.6 Å². The van der Waals surface area contributed by atoms with Crippen LogP contribution in [0.5, 0.6) is 0 Å². The first-order chi connectivity index (χ1) is 12.8. The van der Waals surface area contributed by atoms with Gasteiger partial charge in [-0.3, -0.25) is 14.3 Å². The van der Waals surface area contributed by atoms with Crippen LogP contribution in [0.2, 0.25) is 5.15 Å². The van der Waals surface area contributed by atoms with Gasteiger partial charge >= 0.3 is 0 Å². The number of halogens is 1. The number of aromatic amines is 1. The molecule has 2 atom stereocenters. The molecule has 2 unspecified atom stereocenters. The minimum atomic E-state index is -0.528. The Kier molecular flexibility index (Phi) is 5.96. The van der Waals surface area contributed by atoms with E-state index in [1.807, 2.05) is 6.92 Å². The number of aromatic nitrogens is 4. The molecule has 1 fully saturated rings. The summed E-state index contributed by atoms with van der Waals surface area (Å²) in [6.45, 7) is 4.05. The summed E-state index contributed by atoms with van der Waals surface area (Å²) in [6, 6.07) is 0.610. The van der Waals surface area contributed by atoms with Crippen LogP contribution in [0.4, 0.5) is 5.69 Å². The second kappa shape index (κ2) is 8.22. The number of nitrogens with two attached hydrogens (primary N) is 1. The number of nitrogens with zero attached hydrogens (tertiary/aromatic N) is 3. The molecule has 2 heterocycles. The van der Waals surface area contributed by atoms with E-state index >= 15 is 0 Å². The molecule has 9 heteroatoms. The number of carbonyl (C=O) groups is 1. The van der Waals surface area contributed by atoms with Crippen molar-refractivity contribution in [3.8, 4) is 0 Å². The lowest BCUT2D eigenvalue weighted by Gasteiger charge is -2.29. The summed E-state index contributed by atoms with van der Waals surface area (Å²) in [5.41, 5.74) is 6.82. The maximum atomic E-state index is 12.5. The Labute approximate surface area is 162 Å². The van der Waals surface area contributed by atoms with Crippen molar-refractivity contribution in [3.05, 3.63) is 39.5 Å². The molecule has 2 aromatic heterocycles. The SMILES string of the molecule is CC1CCC(C(N)C(=O)Nc2cnn(C(C)c3cc(Cl)n[nH]c3=O)c2)CC1. The molecule has 1 saturated carbocycles. The number of hydrogen-bond donors (Lipinski definition) is 3. The minimum absolute atomic E-state index is 0.199. The van der Waals surface area contributed by atoms with Crippen LogP contribution in [0.3, 0.4) is 0 Å². The van der Waals surface area contributed by atoms with Gasteiger partial charge in [0.1, 0.15) is 5.15 Å². The first-order valence-corrected chi connectivity index (χ1v) is 9.58. The van der Waals surface area contributed by atoms with Crippen LogP contribution in [-0.2, 0) is 4.79 Å². The number of nitrogens with one attached hydrogen (secondary N) is 2. The molecule has 4 N–H and O–H groups in total. The van der Waals surface area contributed by atoms with Gasteiger partial charge in [-0.1, -0.05) is 31.4 Å². The predicted molar refractivity (Wildman–Crippen MR) is 104 cm³/mol. The number of anilines is 1. The second-order valence-corrected chi connectivity index (χ2v) is 7.78. The Morgan fingerprint density at radius 1 is 1.41 bits per heavy atom. The smallest absolute Gasteiger partial charge is 0.269 e. The summed E-state index contributed by atoms with van der Waals surface area (Å²) in [7, 11) is 0. The maximum Gasteiger partial charge on any atom is 0.269 e. The third kappa shape index (κ3) is 4.56. The lowest BCUT2D eigenvalue weighted by molar-refractivity contribution is -0.118. The highest BCUT2D eigenvalue weighted by Gasteiger charge is 2.28. The van der Waals surface area contributed by atoms with Crippen LogP contribution in [0, 0.1) is 11.8 Å². The quantitative estimate of drug-likeness (QED) is 0.721. The molecule has 1 aliphatic rings. The number of hydrogen-bond acceptors (Lipinski definition) is 5. The summed E-state index contributed by atoms with van der Waals surface area (Å²) < 4.78 is 1.59. The molecule has 8 nitrogen and oxygen atoms in total. The van der Waals surface area contributed by atoms with Crippen LogP contribution >= 0.6 is 11.6 Å². The molecule has 3 rings (SSSR count). The van der Waals surface area contributed by atoms with E-state index in [1.54, 1.807) is 17.1 Å². The maximum absolute atomic E-state index is 12.5.